The van der Waals surface area contributed by atoms with Crippen molar-refractivity contribution in [2.45, 2.75) is 37.8 Å². The molecule has 3 N–H and O–H groups in total. The van der Waals surface area contributed by atoms with E-state index in [9.17, 15) is 23.1 Å². The third-order valence-corrected chi connectivity index (χ3v) is 8.04. The molecule has 1 aromatic carbocycles. The monoisotopic (exact) mass is 542 g/mol. The Morgan fingerprint density at radius 1 is 1.13 bits per heavy atom. The Labute approximate surface area is 219 Å². The highest BCUT2D eigenvalue weighted by Gasteiger charge is 2.43. The summed E-state index contributed by atoms with van der Waals surface area (Å²) in [5.74, 6) is -1.74. The van der Waals surface area contributed by atoms with Crippen LogP contribution in [0.3, 0.4) is 0 Å². The fourth-order valence-corrected chi connectivity index (χ4v) is 5.99. The minimum atomic E-state index is -3.22. The fourth-order valence-electron chi connectivity index (χ4n) is 5.24. The number of rotatable bonds is 8. The van der Waals surface area contributed by atoms with E-state index in [0.29, 0.717) is 5.39 Å². The van der Waals surface area contributed by atoms with Gasteiger partial charge in [-0.25, -0.2) is 27.6 Å². The quantitative estimate of drug-likeness (QED) is 0.361. The molecule has 4 heterocycles. The predicted molar refractivity (Wildman–Crippen MR) is 140 cm³/mol. The van der Waals surface area contributed by atoms with E-state index in [-0.39, 0.29) is 41.8 Å². The van der Waals surface area contributed by atoms with Crippen LogP contribution in [0, 0.1) is 5.82 Å². The maximum atomic E-state index is 15.3. The van der Waals surface area contributed by atoms with E-state index in [1.54, 1.807) is 18.2 Å². The van der Waals surface area contributed by atoms with Crippen molar-refractivity contribution in [3.8, 4) is 0 Å². The van der Waals surface area contributed by atoms with Crippen LogP contribution in [0.25, 0.3) is 10.8 Å². The van der Waals surface area contributed by atoms with Gasteiger partial charge in [0.05, 0.1) is 11.9 Å². The number of anilines is 3. The summed E-state index contributed by atoms with van der Waals surface area (Å²) in [6.45, 7) is 1.76. The second-order valence-corrected chi connectivity index (χ2v) is 10.3. The lowest BCUT2D eigenvalue weighted by molar-refractivity contribution is -0.148. The minimum absolute atomic E-state index is 0.00545. The summed E-state index contributed by atoms with van der Waals surface area (Å²) in [5, 5.41) is 10.6. The maximum Gasteiger partial charge on any atom is 0.326 e. The van der Waals surface area contributed by atoms with Crippen molar-refractivity contribution in [1.82, 2.24) is 14.9 Å². The van der Waals surface area contributed by atoms with E-state index in [2.05, 4.69) is 14.9 Å². The molecule has 38 heavy (non-hydrogen) atoms. The summed E-state index contributed by atoms with van der Waals surface area (Å²) in [6.07, 6.45) is 4.68. The molecule has 2 aromatic heterocycles. The number of carboxylic acid groups (broad SMARTS) is 1. The van der Waals surface area contributed by atoms with E-state index in [4.69, 9.17) is 5.73 Å². The first-order chi connectivity index (χ1) is 18.3. The van der Waals surface area contributed by atoms with Crippen LogP contribution < -0.4 is 14.9 Å². The summed E-state index contributed by atoms with van der Waals surface area (Å²) in [4.78, 5) is 37.1. The molecule has 13 heteroatoms. The second-order valence-electron chi connectivity index (χ2n) is 9.38. The highest BCUT2D eigenvalue weighted by Crippen LogP contribution is 2.30. The summed E-state index contributed by atoms with van der Waals surface area (Å²) in [7, 11) is -3.22. The number of nitrogen functional groups attached to an aromatic ring is 1. The molecule has 5 rings (SSSR count). The highest BCUT2D eigenvalue weighted by molar-refractivity contribution is 7.74. The molecule has 0 bridgehead atoms. The van der Waals surface area contributed by atoms with E-state index in [1.807, 2.05) is 0 Å². The summed E-state index contributed by atoms with van der Waals surface area (Å²) in [5.41, 5.74) is 6.13. The van der Waals surface area contributed by atoms with Crippen LogP contribution in [0.2, 0.25) is 0 Å². The fraction of sp³-hybridized carbons (Fsp3) is 0.360. The number of carbonyl (C=O) groups is 2. The maximum absolute atomic E-state index is 15.3. The molecule has 2 aliphatic rings. The molecule has 0 radical (unpaired) electrons. The van der Waals surface area contributed by atoms with Gasteiger partial charge < -0.3 is 20.6 Å². The summed E-state index contributed by atoms with van der Waals surface area (Å²) >= 11 is 0. The number of thiol groups is 1. The van der Waals surface area contributed by atoms with E-state index in [0.717, 1.165) is 41.0 Å². The molecular weight excluding hydrogens is 515 g/mol. The van der Waals surface area contributed by atoms with Crippen molar-refractivity contribution in [3.63, 3.8) is 0 Å². The topological polar surface area (TPSA) is 150 Å². The van der Waals surface area contributed by atoms with Gasteiger partial charge in [0.25, 0.3) is 0 Å². The minimum Gasteiger partial charge on any atom is -0.480 e. The molecule has 0 aliphatic carbocycles. The van der Waals surface area contributed by atoms with Crippen LogP contribution in [-0.4, -0.2) is 72.0 Å². The van der Waals surface area contributed by atoms with Crippen LogP contribution in [0.5, 0.6) is 0 Å². The molecule has 11 nitrogen and oxygen atoms in total. The molecule has 2 aliphatic heterocycles. The average molecular weight is 543 g/mol. The Balaban J connectivity index is 1.38. The predicted octanol–water partition coefficient (Wildman–Crippen LogP) is 1.58. The molecule has 1 amide bonds. The smallest absolute Gasteiger partial charge is 0.326 e. The summed E-state index contributed by atoms with van der Waals surface area (Å²) in [6, 6.07) is 5.24. The molecular formula is C25H27FN6O5S. The van der Waals surface area contributed by atoms with Gasteiger partial charge >= 0.3 is 5.97 Å². The van der Waals surface area contributed by atoms with Gasteiger partial charge in [-0.15, -0.1) is 0 Å². The normalized spacial score (nSPS) is 18.5. The number of halogens is 1. The van der Waals surface area contributed by atoms with Gasteiger partial charge in [-0.2, -0.15) is 0 Å². The Morgan fingerprint density at radius 2 is 1.89 bits per heavy atom. The molecule has 0 unspecified atom stereocenters. The number of likely N-dealkylation sites (tertiary alicyclic amines) is 1. The number of nitrogens with two attached hydrogens (primary N) is 1. The lowest BCUT2D eigenvalue weighted by atomic mass is 10.0. The lowest BCUT2D eigenvalue weighted by Crippen LogP contribution is -2.48. The van der Waals surface area contributed by atoms with Crippen LogP contribution in [-0.2, 0) is 26.9 Å². The second kappa shape index (κ2) is 10.4. The van der Waals surface area contributed by atoms with Gasteiger partial charge in [0.2, 0.25) is 16.8 Å². The van der Waals surface area contributed by atoms with Crippen molar-refractivity contribution in [2.24, 2.45) is 0 Å². The number of hydrogen-bond donors (Lipinski definition) is 3. The molecule has 2 saturated heterocycles. The van der Waals surface area contributed by atoms with Gasteiger partial charge in [0, 0.05) is 43.0 Å². The van der Waals surface area contributed by atoms with Crippen molar-refractivity contribution in [2.75, 3.05) is 34.6 Å². The highest BCUT2D eigenvalue weighted by atomic mass is 32.2. The Morgan fingerprint density at radius 3 is 2.55 bits per heavy atom. The van der Waals surface area contributed by atoms with E-state index in [1.165, 1.54) is 24.5 Å². The van der Waals surface area contributed by atoms with E-state index < -0.39 is 40.7 Å². The number of fused-ring (bicyclic) bond motifs is 1. The molecule has 3 aromatic rings. The molecule has 0 spiro atoms. The Hall–Kier alpha value is -4.00. The molecule has 2 fully saturated rings. The van der Waals surface area contributed by atoms with Crippen LogP contribution >= 0.6 is 0 Å². The van der Waals surface area contributed by atoms with Crippen LogP contribution in [0.1, 0.15) is 24.8 Å². The third kappa shape index (κ3) is 4.69. The zero-order chi connectivity index (χ0) is 27.0. The number of nitrogens with zero attached hydrogens (tertiary/aromatic N) is 5. The first-order valence-corrected chi connectivity index (χ1v) is 13.4. The molecule has 2 atom stereocenters. The lowest BCUT2D eigenvalue weighted by Gasteiger charge is -2.27. The number of aromatic nitrogens is 2. The number of benzene rings is 1. The zero-order valence-electron chi connectivity index (χ0n) is 20.4. The number of hydrogen-bond acceptors (Lipinski definition) is 8. The molecule has 0 saturated carbocycles. The number of aliphatic carboxylic acids is 1. The van der Waals surface area contributed by atoms with Crippen molar-refractivity contribution in [3.05, 3.63) is 54.1 Å². The van der Waals surface area contributed by atoms with Gasteiger partial charge in [-0.05, 0) is 43.0 Å². The first-order valence-electron chi connectivity index (χ1n) is 12.3. The first kappa shape index (κ1) is 25.6. The number of carbonyl (C=O) groups excluding carboxylic acids is 1. The van der Waals surface area contributed by atoms with Crippen LogP contribution in [0.15, 0.2) is 42.7 Å². The number of amides is 1. The number of carboxylic acids is 1. The van der Waals surface area contributed by atoms with Crippen LogP contribution in [0.4, 0.5) is 21.7 Å². The van der Waals surface area contributed by atoms with Gasteiger partial charge in [-0.3, -0.25) is 9.10 Å². The zero-order valence-corrected chi connectivity index (χ0v) is 21.3. The Kier molecular flexibility index (Phi) is 7.02. The van der Waals surface area contributed by atoms with E-state index >= 15 is 4.39 Å². The van der Waals surface area contributed by atoms with Crippen molar-refractivity contribution >= 4 is 50.9 Å². The largest absolute Gasteiger partial charge is 0.480 e. The Bertz CT molecular complexity index is 1450. The summed E-state index contributed by atoms with van der Waals surface area (Å²) < 4.78 is 40.7. The standard InChI is InChI=1S/C25H27FN6O5S/c26-22-15(3-5-18-17(22)7-9-28-23(18)27)13-20(25(34)35)31-12-8-19(24(31)33)32(38(36)37)16-4-6-21(29-14-16)30-10-1-2-11-30/h3-7,9,14,19-20,38H,1-2,8,10-13H2,(H2,27,28)(H,34,35)/t19-,20+/m0/s1. The number of pyridine rings is 2. The van der Waals surface area contributed by atoms with Crippen molar-refractivity contribution < 1.29 is 27.5 Å². The van der Waals surface area contributed by atoms with Gasteiger partial charge in [-0.1, -0.05) is 12.1 Å². The SMILES string of the molecule is Nc1nccc2c(F)c(C[C@H](C(=O)O)N3CC[C@H](N(c4ccc(N5CCCC5)nc4)[SH](=O)=O)C3=O)ccc12. The third-order valence-electron chi connectivity index (χ3n) is 7.17. The van der Waals surface area contributed by atoms with Gasteiger partial charge in [0.15, 0.2) is 0 Å². The van der Waals surface area contributed by atoms with Crippen molar-refractivity contribution in [1.29, 1.82) is 0 Å². The molecule has 200 valence electrons. The van der Waals surface area contributed by atoms with Gasteiger partial charge in [0.1, 0.15) is 29.5 Å². The average Bonchev–Trinajstić information content (AvgIpc) is 3.55.